The van der Waals surface area contributed by atoms with Crippen LogP contribution in [-0.2, 0) is 14.4 Å². The number of aryl methyl sites for hydroxylation is 1. The molecule has 1 aromatic rings. The lowest BCUT2D eigenvalue weighted by Crippen LogP contribution is -2.59. The molecule has 6 rings (SSSR count). The Morgan fingerprint density at radius 1 is 1.06 bits per heavy atom. The molecule has 1 aromatic heterocycles. The van der Waals surface area contributed by atoms with Gasteiger partial charge in [-0.15, -0.1) is 0 Å². The number of rotatable bonds is 6. The fraction of sp³-hybridized carbons (Fsp3) is 0.769. The van der Waals surface area contributed by atoms with Gasteiger partial charge in [-0.25, -0.2) is 0 Å². The molecule has 3 amide bonds. The predicted molar refractivity (Wildman–Crippen MR) is 127 cm³/mol. The van der Waals surface area contributed by atoms with Crippen LogP contribution in [0.3, 0.4) is 0 Å². The van der Waals surface area contributed by atoms with Crippen LogP contribution < -0.4 is 10.6 Å². The van der Waals surface area contributed by atoms with Crippen molar-refractivity contribution in [3.8, 4) is 0 Å². The molecule has 5 fully saturated rings. The van der Waals surface area contributed by atoms with Gasteiger partial charge >= 0.3 is 0 Å². The highest BCUT2D eigenvalue weighted by Gasteiger charge is 2.55. The Morgan fingerprint density at radius 3 is 2.15 bits per heavy atom. The molecule has 1 unspecified atom stereocenters. The second kappa shape index (κ2) is 9.00. The molecular formula is C26H38N4O4. The normalized spacial score (nSPS) is 31.5. The van der Waals surface area contributed by atoms with E-state index in [1.165, 1.54) is 19.3 Å². The Hall–Kier alpha value is -2.38. The third-order valence-electron chi connectivity index (χ3n) is 8.80. The van der Waals surface area contributed by atoms with Crippen molar-refractivity contribution in [3.63, 3.8) is 0 Å². The van der Waals surface area contributed by atoms with Crippen molar-refractivity contribution in [2.45, 2.75) is 78.2 Å². The zero-order valence-corrected chi connectivity index (χ0v) is 20.6. The molecule has 4 saturated carbocycles. The van der Waals surface area contributed by atoms with Gasteiger partial charge in [-0.3, -0.25) is 14.4 Å². The minimum absolute atomic E-state index is 0.0148. The summed E-state index contributed by atoms with van der Waals surface area (Å²) in [5.41, 5.74) is -0.257. The number of amides is 3. The second-order valence-corrected chi connectivity index (χ2v) is 11.8. The number of anilines is 1. The van der Waals surface area contributed by atoms with Gasteiger partial charge in [-0.2, -0.15) is 0 Å². The maximum atomic E-state index is 13.6. The van der Waals surface area contributed by atoms with Crippen molar-refractivity contribution < 1.29 is 18.9 Å². The summed E-state index contributed by atoms with van der Waals surface area (Å²) in [5, 5.41) is 9.83. The van der Waals surface area contributed by atoms with E-state index in [1.54, 1.807) is 13.0 Å². The Balaban J connectivity index is 1.17. The molecule has 5 aliphatic rings. The fourth-order valence-corrected chi connectivity index (χ4v) is 7.41. The van der Waals surface area contributed by atoms with E-state index in [0.29, 0.717) is 55.3 Å². The first-order valence-electron chi connectivity index (χ1n) is 13.1. The number of hydrogen-bond acceptors (Lipinski definition) is 5. The Bertz CT molecular complexity index is 911. The first-order valence-corrected chi connectivity index (χ1v) is 13.1. The molecule has 0 spiro atoms. The zero-order valence-electron chi connectivity index (χ0n) is 20.6. The smallest absolute Gasteiger partial charge is 0.245 e. The van der Waals surface area contributed by atoms with Gasteiger partial charge in [0.25, 0.3) is 0 Å². The summed E-state index contributed by atoms with van der Waals surface area (Å²) in [6.45, 7) is 6.82. The summed E-state index contributed by atoms with van der Waals surface area (Å²) in [6, 6.07) is 1.18. The van der Waals surface area contributed by atoms with Crippen LogP contribution in [0.2, 0.25) is 0 Å². The molecule has 1 aliphatic heterocycles. The van der Waals surface area contributed by atoms with E-state index in [4.69, 9.17) is 4.52 Å². The summed E-state index contributed by atoms with van der Waals surface area (Å²) < 4.78 is 5.01. The van der Waals surface area contributed by atoms with Crippen LogP contribution in [-0.4, -0.2) is 46.9 Å². The molecule has 1 saturated heterocycles. The van der Waals surface area contributed by atoms with Crippen LogP contribution in [0.1, 0.15) is 71.0 Å². The summed E-state index contributed by atoms with van der Waals surface area (Å²) in [6.07, 6.45) is 8.05. The van der Waals surface area contributed by atoms with Gasteiger partial charge in [0.2, 0.25) is 17.7 Å². The van der Waals surface area contributed by atoms with Crippen molar-refractivity contribution in [2.24, 2.45) is 35.0 Å². The largest absolute Gasteiger partial charge is 0.360 e. The van der Waals surface area contributed by atoms with E-state index in [1.807, 2.05) is 18.7 Å². The fourth-order valence-electron chi connectivity index (χ4n) is 7.41. The minimum Gasteiger partial charge on any atom is -0.360 e. The summed E-state index contributed by atoms with van der Waals surface area (Å²) >= 11 is 0. The maximum Gasteiger partial charge on any atom is 0.245 e. The number of carbonyl (C=O) groups excluding carboxylic acids is 3. The summed E-state index contributed by atoms with van der Waals surface area (Å²) in [4.78, 5) is 41.4. The van der Waals surface area contributed by atoms with Crippen molar-refractivity contribution in [3.05, 3.63) is 11.8 Å². The molecule has 8 heteroatoms. The lowest BCUT2D eigenvalue weighted by Gasteiger charge is -2.56. The second-order valence-electron chi connectivity index (χ2n) is 11.8. The lowest BCUT2D eigenvalue weighted by molar-refractivity contribution is -0.151. The van der Waals surface area contributed by atoms with Crippen LogP contribution in [0.15, 0.2) is 10.6 Å². The van der Waals surface area contributed by atoms with Crippen LogP contribution in [0, 0.1) is 41.9 Å². The van der Waals surface area contributed by atoms with Gasteiger partial charge in [-0.05, 0) is 82.0 Å². The van der Waals surface area contributed by atoms with E-state index in [2.05, 4.69) is 15.8 Å². The molecule has 0 aromatic carbocycles. The monoisotopic (exact) mass is 470 g/mol. The average Bonchev–Trinajstić information content (AvgIpc) is 3.20. The zero-order chi connectivity index (χ0) is 24.0. The lowest BCUT2D eigenvalue weighted by atomic mass is 9.49. The number of hydrogen-bond donors (Lipinski definition) is 2. The summed E-state index contributed by atoms with van der Waals surface area (Å²) in [5.74, 6) is 3.00. The Labute approximate surface area is 201 Å². The molecule has 186 valence electrons. The standard InChI is InChI=1S/C26H38N4O4/c1-15(2)22(28-25(33)26-12-17-9-18(13-26)11-19(10-17)14-26)24(32)30-6-4-20(5-7-30)23(31)27-21-8-16(3)34-29-21/h8,15,17-20,22H,4-7,9-14H2,1-3H3,(H,28,33)(H,27,29,31). The Kier molecular flexibility index (Phi) is 6.19. The number of aromatic nitrogens is 1. The SMILES string of the molecule is Cc1cc(NC(=O)C2CCN(C(=O)C(NC(=O)C34CC5CC(CC(C5)C3)C4)C(C)C)CC2)no1. The van der Waals surface area contributed by atoms with E-state index in [9.17, 15) is 14.4 Å². The van der Waals surface area contributed by atoms with Crippen LogP contribution in [0.25, 0.3) is 0 Å². The van der Waals surface area contributed by atoms with E-state index >= 15 is 0 Å². The molecular weight excluding hydrogens is 432 g/mol. The van der Waals surface area contributed by atoms with Gasteiger partial charge < -0.3 is 20.1 Å². The van der Waals surface area contributed by atoms with Crippen molar-refractivity contribution in [1.82, 2.24) is 15.4 Å². The number of nitrogens with one attached hydrogen (secondary N) is 2. The molecule has 2 N–H and O–H groups in total. The van der Waals surface area contributed by atoms with E-state index < -0.39 is 6.04 Å². The molecule has 8 nitrogen and oxygen atoms in total. The first-order chi connectivity index (χ1) is 16.2. The van der Waals surface area contributed by atoms with E-state index in [-0.39, 0.29) is 35.0 Å². The highest BCUT2D eigenvalue weighted by atomic mass is 16.5. The predicted octanol–water partition coefficient (Wildman–Crippen LogP) is 3.52. The summed E-state index contributed by atoms with van der Waals surface area (Å²) in [7, 11) is 0. The number of piperidine rings is 1. The van der Waals surface area contributed by atoms with Gasteiger partial charge in [0.05, 0.1) is 0 Å². The molecule has 0 radical (unpaired) electrons. The van der Waals surface area contributed by atoms with Gasteiger partial charge in [-0.1, -0.05) is 19.0 Å². The third-order valence-corrected chi connectivity index (χ3v) is 8.80. The van der Waals surface area contributed by atoms with Crippen LogP contribution in [0.5, 0.6) is 0 Å². The third kappa shape index (κ3) is 4.48. The average molecular weight is 471 g/mol. The van der Waals surface area contributed by atoms with Crippen LogP contribution in [0.4, 0.5) is 5.82 Å². The van der Waals surface area contributed by atoms with Crippen molar-refractivity contribution >= 4 is 23.5 Å². The van der Waals surface area contributed by atoms with Crippen molar-refractivity contribution in [1.29, 1.82) is 0 Å². The minimum atomic E-state index is -0.510. The van der Waals surface area contributed by atoms with Gasteiger partial charge in [0.15, 0.2) is 5.82 Å². The topological polar surface area (TPSA) is 105 Å². The number of nitrogens with zero attached hydrogens (tertiary/aromatic N) is 2. The quantitative estimate of drug-likeness (QED) is 0.662. The molecule has 4 bridgehead atoms. The molecule has 4 aliphatic carbocycles. The molecule has 1 atom stereocenters. The number of likely N-dealkylation sites (tertiary alicyclic amines) is 1. The highest BCUT2D eigenvalue weighted by Crippen LogP contribution is 2.60. The maximum absolute atomic E-state index is 13.6. The molecule has 34 heavy (non-hydrogen) atoms. The van der Waals surface area contributed by atoms with Crippen molar-refractivity contribution in [2.75, 3.05) is 18.4 Å². The van der Waals surface area contributed by atoms with Gasteiger partial charge in [0, 0.05) is 30.5 Å². The molecule has 2 heterocycles. The van der Waals surface area contributed by atoms with Gasteiger partial charge in [0.1, 0.15) is 11.8 Å². The highest BCUT2D eigenvalue weighted by molar-refractivity contribution is 5.93. The first kappa shape index (κ1) is 23.4. The Morgan fingerprint density at radius 2 is 1.65 bits per heavy atom. The van der Waals surface area contributed by atoms with E-state index in [0.717, 1.165) is 19.3 Å². The van der Waals surface area contributed by atoms with Crippen LogP contribution >= 0.6 is 0 Å². The number of carbonyl (C=O) groups is 3.